The van der Waals surface area contributed by atoms with Crippen LogP contribution in [0.15, 0.2) is 53.4 Å². The molecule has 26 heavy (non-hydrogen) atoms. The van der Waals surface area contributed by atoms with Crippen LogP contribution in [0.1, 0.15) is 15.9 Å². The van der Waals surface area contributed by atoms with Gasteiger partial charge in [0.2, 0.25) is 10.0 Å². The highest BCUT2D eigenvalue weighted by atomic mass is 32.2. The Balaban J connectivity index is 2.14. The number of alkyl halides is 3. The van der Waals surface area contributed by atoms with Gasteiger partial charge in [-0.1, -0.05) is 12.1 Å². The van der Waals surface area contributed by atoms with Crippen LogP contribution < -0.4 is 10.9 Å². The van der Waals surface area contributed by atoms with Crippen molar-refractivity contribution in [2.45, 2.75) is 11.1 Å². The lowest BCUT2D eigenvalue weighted by atomic mass is 10.2. The summed E-state index contributed by atoms with van der Waals surface area (Å²) in [6.45, 7) is 0. The lowest BCUT2D eigenvalue weighted by Gasteiger charge is -2.13. The number of anilines is 1. The van der Waals surface area contributed by atoms with Crippen LogP contribution in [0, 0.1) is 0 Å². The van der Waals surface area contributed by atoms with E-state index in [9.17, 15) is 26.4 Å². The van der Waals surface area contributed by atoms with Crippen molar-refractivity contribution in [2.75, 3.05) is 19.5 Å². The van der Waals surface area contributed by atoms with Crippen LogP contribution in [0.2, 0.25) is 0 Å². The molecule has 0 aromatic heterocycles. The highest BCUT2D eigenvalue weighted by Crippen LogP contribution is 2.30. The van der Waals surface area contributed by atoms with E-state index in [1.54, 1.807) is 0 Å². The SMILES string of the molecule is CN(C)S(=O)(=O)c1cccc(C(=O)NNc2cccc(C(F)(F)F)c2)c1. The fraction of sp³-hybridized carbons (Fsp3) is 0.188. The molecule has 0 aliphatic heterocycles. The van der Waals surface area contributed by atoms with Gasteiger partial charge in [-0.3, -0.25) is 15.6 Å². The number of rotatable bonds is 5. The van der Waals surface area contributed by atoms with Crippen molar-refractivity contribution >= 4 is 21.6 Å². The van der Waals surface area contributed by atoms with Crippen molar-refractivity contribution in [3.63, 3.8) is 0 Å². The minimum absolute atomic E-state index is 0.0326. The van der Waals surface area contributed by atoms with Crippen molar-refractivity contribution in [3.8, 4) is 0 Å². The summed E-state index contributed by atoms with van der Waals surface area (Å²) < 4.78 is 63.2. The van der Waals surface area contributed by atoms with Crippen molar-refractivity contribution in [1.82, 2.24) is 9.73 Å². The average Bonchev–Trinajstić information content (AvgIpc) is 2.59. The van der Waals surface area contributed by atoms with Gasteiger partial charge in [-0.05, 0) is 36.4 Å². The zero-order valence-electron chi connectivity index (χ0n) is 13.8. The molecule has 0 spiro atoms. The third-order valence-electron chi connectivity index (χ3n) is 3.39. The van der Waals surface area contributed by atoms with E-state index in [2.05, 4.69) is 10.9 Å². The zero-order chi connectivity index (χ0) is 19.5. The number of halogens is 3. The molecule has 0 saturated heterocycles. The minimum Gasteiger partial charge on any atom is -0.298 e. The zero-order valence-corrected chi connectivity index (χ0v) is 14.6. The number of carbonyl (C=O) groups excluding carboxylic acids is 1. The maximum Gasteiger partial charge on any atom is 0.416 e. The molecule has 0 aliphatic rings. The Morgan fingerprint density at radius 2 is 1.69 bits per heavy atom. The molecule has 140 valence electrons. The number of benzene rings is 2. The van der Waals surface area contributed by atoms with Crippen LogP contribution >= 0.6 is 0 Å². The first-order valence-electron chi connectivity index (χ1n) is 7.28. The van der Waals surface area contributed by atoms with Gasteiger partial charge in [-0.2, -0.15) is 13.2 Å². The van der Waals surface area contributed by atoms with E-state index < -0.39 is 27.7 Å². The van der Waals surface area contributed by atoms with Gasteiger partial charge in [0.05, 0.1) is 16.1 Å². The molecule has 0 heterocycles. The van der Waals surface area contributed by atoms with E-state index in [1.807, 2.05) is 0 Å². The molecule has 0 saturated carbocycles. The Morgan fingerprint density at radius 1 is 1.04 bits per heavy atom. The molecule has 10 heteroatoms. The molecule has 2 N–H and O–H groups in total. The Kier molecular flexibility index (Phi) is 5.57. The third kappa shape index (κ3) is 4.52. The predicted molar refractivity (Wildman–Crippen MR) is 89.8 cm³/mol. The Bertz CT molecular complexity index is 912. The van der Waals surface area contributed by atoms with Crippen molar-refractivity contribution in [1.29, 1.82) is 0 Å². The second-order valence-corrected chi connectivity index (χ2v) is 7.62. The highest BCUT2D eigenvalue weighted by molar-refractivity contribution is 7.89. The predicted octanol–water partition coefficient (Wildman–Crippen LogP) is 2.71. The number of hydrazine groups is 1. The van der Waals surface area contributed by atoms with Crippen LogP contribution in [-0.2, 0) is 16.2 Å². The Morgan fingerprint density at radius 3 is 2.31 bits per heavy atom. The minimum atomic E-state index is -4.50. The number of carbonyl (C=O) groups is 1. The van der Waals surface area contributed by atoms with E-state index in [0.29, 0.717) is 0 Å². The van der Waals surface area contributed by atoms with E-state index in [0.717, 1.165) is 16.4 Å². The first-order chi connectivity index (χ1) is 12.0. The van der Waals surface area contributed by atoms with Crippen LogP contribution in [0.4, 0.5) is 18.9 Å². The summed E-state index contributed by atoms with van der Waals surface area (Å²) in [7, 11) is -0.997. The molecule has 0 bridgehead atoms. The smallest absolute Gasteiger partial charge is 0.298 e. The van der Waals surface area contributed by atoms with Gasteiger partial charge >= 0.3 is 6.18 Å². The summed E-state index contributed by atoms with van der Waals surface area (Å²) in [5, 5.41) is 0. The molecule has 0 atom stereocenters. The summed E-state index contributed by atoms with van der Waals surface area (Å²) >= 11 is 0. The van der Waals surface area contributed by atoms with Gasteiger partial charge in [0.1, 0.15) is 0 Å². The molecule has 2 aromatic carbocycles. The molecule has 2 aromatic rings. The fourth-order valence-corrected chi connectivity index (χ4v) is 2.93. The molecular formula is C16H16F3N3O3S. The first kappa shape index (κ1) is 19.7. The highest BCUT2D eigenvalue weighted by Gasteiger charge is 2.30. The summed E-state index contributed by atoms with van der Waals surface area (Å²) in [4.78, 5) is 12.1. The molecule has 6 nitrogen and oxygen atoms in total. The molecule has 0 aliphatic carbocycles. The standard InChI is InChI=1S/C16H16F3N3O3S/c1-22(2)26(24,25)14-8-3-5-11(9-14)15(23)21-20-13-7-4-6-12(10-13)16(17,18)19/h3-10,20H,1-2H3,(H,21,23). The van der Waals surface area contributed by atoms with Gasteiger partial charge < -0.3 is 0 Å². The summed E-state index contributed by atoms with van der Waals surface area (Å²) in [6, 6.07) is 9.60. The van der Waals surface area contributed by atoms with Gasteiger partial charge in [0, 0.05) is 19.7 Å². The molecule has 0 unspecified atom stereocenters. The molecule has 0 fully saturated rings. The lowest BCUT2D eigenvalue weighted by Crippen LogP contribution is -2.30. The van der Waals surface area contributed by atoms with Gasteiger partial charge in [0.25, 0.3) is 5.91 Å². The number of hydrogen-bond acceptors (Lipinski definition) is 4. The van der Waals surface area contributed by atoms with E-state index in [-0.39, 0.29) is 16.1 Å². The number of sulfonamides is 1. The van der Waals surface area contributed by atoms with E-state index >= 15 is 0 Å². The Hall–Kier alpha value is -2.59. The molecule has 1 amide bonds. The molecule has 0 radical (unpaired) electrons. The maximum atomic E-state index is 12.7. The van der Waals surface area contributed by atoms with E-state index in [4.69, 9.17) is 0 Å². The fourth-order valence-electron chi connectivity index (χ4n) is 1.98. The largest absolute Gasteiger partial charge is 0.416 e. The Labute approximate surface area is 148 Å². The van der Waals surface area contributed by atoms with E-state index in [1.165, 1.54) is 50.5 Å². The quantitative estimate of drug-likeness (QED) is 0.774. The monoisotopic (exact) mass is 387 g/mol. The first-order valence-corrected chi connectivity index (χ1v) is 8.72. The van der Waals surface area contributed by atoms with Gasteiger partial charge in [-0.15, -0.1) is 0 Å². The van der Waals surface area contributed by atoms with Gasteiger partial charge in [0.15, 0.2) is 0 Å². The van der Waals surface area contributed by atoms with Crippen LogP contribution in [0.25, 0.3) is 0 Å². The topological polar surface area (TPSA) is 78.5 Å². The molecule has 2 rings (SSSR count). The second-order valence-electron chi connectivity index (χ2n) is 5.47. The maximum absolute atomic E-state index is 12.7. The lowest BCUT2D eigenvalue weighted by molar-refractivity contribution is -0.137. The summed E-state index contributed by atoms with van der Waals surface area (Å²) in [5.74, 6) is -0.696. The number of amides is 1. The van der Waals surface area contributed by atoms with Gasteiger partial charge in [-0.25, -0.2) is 12.7 Å². The summed E-state index contributed by atoms with van der Waals surface area (Å²) in [5.41, 5.74) is 3.82. The number of hydrogen-bond donors (Lipinski definition) is 2. The number of nitrogens with zero attached hydrogens (tertiary/aromatic N) is 1. The number of nitrogens with one attached hydrogen (secondary N) is 2. The van der Waals surface area contributed by atoms with Crippen molar-refractivity contribution in [2.24, 2.45) is 0 Å². The average molecular weight is 387 g/mol. The normalized spacial score (nSPS) is 12.1. The summed E-state index contributed by atoms with van der Waals surface area (Å²) in [6.07, 6.45) is -4.50. The van der Waals surface area contributed by atoms with Crippen LogP contribution in [-0.4, -0.2) is 32.7 Å². The second kappa shape index (κ2) is 7.34. The third-order valence-corrected chi connectivity index (χ3v) is 5.20. The molecular weight excluding hydrogens is 371 g/mol. The van der Waals surface area contributed by atoms with Crippen molar-refractivity contribution < 1.29 is 26.4 Å². The van der Waals surface area contributed by atoms with Crippen LogP contribution in [0.5, 0.6) is 0 Å². The van der Waals surface area contributed by atoms with Crippen molar-refractivity contribution in [3.05, 3.63) is 59.7 Å². The van der Waals surface area contributed by atoms with Crippen LogP contribution in [0.3, 0.4) is 0 Å².